The highest BCUT2D eigenvalue weighted by atomic mass is 35.5. The van der Waals surface area contributed by atoms with Crippen LogP contribution in [0.25, 0.3) is 0 Å². The molecule has 0 aliphatic heterocycles. The van der Waals surface area contributed by atoms with Crippen molar-refractivity contribution in [2.75, 3.05) is 5.75 Å². The van der Waals surface area contributed by atoms with Crippen molar-refractivity contribution in [3.63, 3.8) is 0 Å². The molecule has 3 aromatic carbocycles. The fraction of sp³-hybridized carbons (Fsp3) is 0.333. The van der Waals surface area contributed by atoms with E-state index in [2.05, 4.69) is 5.32 Å². The van der Waals surface area contributed by atoms with Gasteiger partial charge >= 0.3 is 0 Å². The number of carbonyl (C=O) groups excluding carboxylic acids is 2. The van der Waals surface area contributed by atoms with E-state index in [-0.39, 0.29) is 23.6 Å². The lowest BCUT2D eigenvalue weighted by molar-refractivity contribution is -0.139. The quantitative estimate of drug-likeness (QED) is 0.313. The van der Waals surface area contributed by atoms with Crippen LogP contribution in [0.3, 0.4) is 0 Å². The van der Waals surface area contributed by atoms with Crippen molar-refractivity contribution in [3.8, 4) is 0 Å². The predicted octanol–water partition coefficient (Wildman–Crippen LogP) is 6.44. The Morgan fingerprint density at radius 1 is 0.972 bits per heavy atom. The van der Waals surface area contributed by atoms with E-state index < -0.39 is 6.04 Å². The summed E-state index contributed by atoms with van der Waals surface area (Å²) in [4.78, 5) is 30.2. The molecule has 1 aliphatic rings. The Labute approximate surface area is 223 Å². The topological polar surface area (TPSA) is 49.4 Å². The van der Waals surface area contributed by atoms with E-state index in [0.29, 0.717) is 18.0 Å². The van der Waals surface area contributed by atoms with Gasteiger partial charge in [0.1, 0.15) is 6.04 Å². The summed E-state index contributed by atoms with van der Waals surface area (Å²) in [5, 5.41) is 3.86. The summed E-state index contributed by atoms with van der Waals surface area (Å²) < 4.78 is 0. The Kier molecular flexibility index (Phi) is 9.48. The van der Waals surface area contributed by atoms with Crippen molar-refractivity contribution >= 4 is 35.2 Å². The molecule has 0 aromatic heterocycles. The normalized spacial score (nSPS) is 14.4. The van der Waals surface area contributed by atoms with Crippen LogP contribution in [-0.4, -0.2) is 34.6 Å². The van der Waals surface area contributed by atoms with E-state index in [1.807, 2.05) is 85.8 Å². The Balaban J connectivity index is 1.60. The first kappa shape index (κ1) is 26.3. The number of amides is 2. The molecule has 0 bridgehead atoms. The van der Waals surface area contributed by atoms with E-state index in [4.69, 9.17) is 11.6 Å². The number of hydrogen-bond acceptors (Lipinski definition) is 3. The largest absolute Gasteiger partial charge is 0.352 e. The molecule has 0 spiro atoms. The molecule has 0 radical (unpaired) electrons. The number of nitrogens with one attached hydrogen (secondary N) is 1. The van der Waals surface area contributed by atoms with Gasteiger partial charge in [0, 0.05) is 28.9 Å². The number of thioether (sulfide) groups is 1. The molecule has 0 heterocycles. The molecule has 3 aromatic rings. The van der Waals surface area contributed by atoms with Crippen LogP contribution in [0.4, 0.5) is 0 Å². The number of halogens is 1. The lowest BCUT2D eigenvalue weighted by Crippen LogP contribution is -2.52. The fourth-order valence-electron chi connectivity index (χ4n) is 4.62. The van der Waals surface area contributed by atoms with Crippen molar-refractivity contribution < 1.29 is 9.59 Å². The predicted molar refractivity (Wildman–Crippen MR) is 148 cm³/mol. The molecule has 1 unspecified atom stereocenters. The average molecular weight is 521 g/mol. The zero-order chi connectivity index (χ0) is 25.3. The molecule has 6 heteroatoms. The van der Waals surface area contributed by atoms with Crippen LogP contribution in [0.15, 0.2) is 83.8 Å². The Morgan fingerprint density at radius 2 is 1.67 bits per heavy atom. The first-order valence-electron chi connectivity index (χ1n) is 12.6. The number of hydrogen-bond donors (Lipinski definition) is 1. The van der Waals surface area contributed by atoms with Crippen LogP contribution >= 0.6 is 23.4 Å². The first-order valence-corrected chi connectivity index (χ1v) is 13.9. The second-order valence-corrected chi connectivity index (χ2v) is 10.9. The molecule has 1 atom stereocenters. The number of aryl methyl sites for hydroxylation is 1. The summed E-state index contributed by atoms with van der Waals surface area (Å²) in [7, 11) is 0. The van der Waals surface area contributed by atoms with Crippen LogP contribution in [0, 0.1) is 6.92 Å². The van der Waals surface area contributed by atoms with Crippen LogP contribution in [0.1, 0.15) is 42.4 Å². The zero-order valence-corrected chi connectivity index (χ0v) is 22.2. The average Bonchev–Trinajstić information content (AvgIpc) is 3.39. The molecular formula is C30H33ClN2O2S. The van der Waals surface area contributed by atoms with Crippen LogP contribution in [-0.2, 0) is 22.6 Å². The van der Waals surface area contributed by atoms with E-state index in [1.54, 1.807) is 4.90 Å². The van der Waals surface area contributed by atoms with Gasteiger partial charge in [-0.3, -0.25) is 9.59 Å². The Bertz CT molecular complexity index is 1150. The summed E-state index contributed by atoms with van der Waals surface area (Å²) in [5.74, 6) is 0.107. The van der Waals surface area contributed by atoms with Crippen molar-refractivity contribution in [1.29, 1.82) is 0 Å². The molecule has 4 nitrogen and oxygen atoms in total. The molecule has 1 saturated carbocycles. The van der Waals surface area contributed by atoms with E-state index in [9.17, 15) is 9.59 Å². The Morgan fingerprint density at radius 3 is 2.36 bits per heavy atom. The zero-order valence-electron chi connectivity index (χ0n) is 20.7. The number of carbonyl (C=O) groups is 2. The highest BCUT2D eigenvalue weighted by molar-refractivity contribution is 8.00. The van der Waals surface area contributed by atoms with Gasteiger partial charge in [-0.2, -0.15) is 0 Å². The fourth-order valence-corrected chi connectivity index (χ4v) is 5.61. The van der Waals surface area contributed by atoms with E-state index in [0.717, 1.165) is 41.7 Å². The molecule has 188 valence electrons. The molecule has 1 aliphatic carbocycles. The summed E-state index contributed by atoms with van der Waals surface area (Å²) in [5.41, 5.74) is 3.11. The first-order chi connectivity index (χ1) is 17.5. The lowest BCUT2D eigenvalue weighted by Gasteiger charge is -2.32. The van der Waals surface area contributed by atoms with Crippen LogP contribution in [0.5, 0.6) is 0 Å². The molecule has 36 heavy (non-hydrogen) atoms. The number of benzene rings is 3. The van der Waals surface area contributed by atoms with Gasteiger partial charge in [-0.05, 0) is 55.2 Å². The minimum atomic E-state index is -0.613. The molecule has 0 saturated heterocycles. The summed E-state index contributed by atoms with van der Waals surface area (Å²) >= 11 is 7.76. The van der Waals surface area contributed by atoms with Gasteiger partial charge in [-0.15, -0.1) is 11.8 Å². The second kappa shape index (κ2) is 13.0. The summed E-state index contributed by atoms with van der Waals surface area (Å²) in [6.07, 6.45) is 4.71. The Hall–Kier alpha value is -2.76. The third kappa shape index (κ3) is 7.62. The van der Waals surface area contributed by atoms with E-state index in [1.165, 1.54) is 17.3 Å². The molecule has 1 N–H and O–H groups in total. The van der Waals surface area contributed by atoms with E-state index >= 15 is 0 Å². The maximum absolute atomic E-state index is 13.7. The van der Waals surface area contributed by atoms with Gasteiger partial charge in [0.15, 0.2) is 0 Å². The molecular weight excluding hydrogens is 488 g/mol. The highest BCUT2D eigenvalue weighted by Crippen LogP contribution is 2.23. The van der Waals surface area contributed by atoms with Crippen molar-refractivity contribution in [2.45, 2.75) is 62.6 Å². The van der Waals surface area contributed by atoms with Crippen LogP contribution < -0.4 is 5.32 Å². The van der Waals surface area contributed by atoms with Gasteiger partial charge in [-0.25, -0.2) is 0 Å². The minimum absolute atomic E-state index is 0.0666. The monoisotopic (exact) mass is 520 g/mol. The summed E-state index contributed by atoms with van der Waals surface area (Å²) in [6, 6.07) is 25.2. The second-order valence-electron chi connectivity index (χ2n) is 9.45. The van der Waals surface area contributed by atoms with Crippen molar-refractivity contribution in [1.82, 2.24) is 10.2 Å². The van der Waals surface area contributed by atoms with Crippen molar-refractivity contribution in [3.05, 3.63) is 101 Å². The van der Waals surface area contributed by atoms with Gasteiger partial charge in [0.2, 0.25) is 11.8 Å². The molecule has 2 amide bonds. The standard InChI is InChI=1S/C30H33ClN2O2S/c1-22-14-16-27(17-15-22)36-21-29(34)33(20-24-10-7-11-25(31)18-24)28(19-23-8-3-2-4-9-23)30(35)32-26-12-5-6-13-26/h2-4,7-11,14-18,26,28H,5-6,12-13,19-21H2,1H3,(H,32,35). The van der Waals surface area contributed by atoms with Crippen molar-refractivity contribution in [2.24, 2.45) is 0 Å². The minimum Gasteiger partial charge on any atom is -0.352 e. The maximum Gasteiger partial charge on any atom is 0.243 e. The van der Waals surface area contributed by atoms with Gasteiger partial charge in [0.25, 0.3) is 0 Å². The third-order valence-corrected chi connectivity index (χ3v) is 7.83. The SMILES string of the molecule is Cc1ccc(SCC(=O)N(Cc2cccc(Cl)c2)C(Cc2ccccc2)C(=O)NC2CCCC2)cc1. The molecule has 1 fully saturated rings. The number of nitrogens with zero attached hydrogens (tertiary/aromatic N) is 1. The lowest BCUT2D eigenvalue weighted by atomic mass is 10.0. The maximum atomic E-state index is 13.7. The third-order valence-electron chi connectivity index (χ3n) is 6.60. The summed E-state index contributed by atoms with van der Waals surface area (Å²) in [6.45, 7) is 2.37. The molecule has 4 rings (SSSR count). The van der Waals surface area contributed by atoms with Gasteiger partial charge in [-0.1, -0.05) is 84.6 Å². The number of rotatable bonds is 10. The van der Waals surface area contributed by atoms with Crippen LogP contribution in [0.2, 0.25) is 5.02 Å². The van der Waals surface area contributed by atoms with Gasteiger partial charge < -0.3 is 10.2 Å². The smallest absolute Gasteiger partial charge is 0.243 e. The highest BCUT2D eigenvalue weighted by Gasteiger charge is 2.32. The van der Waals surface area contributed by atoms with Gasteiger partial charge in [0.05, 0.1) is 5.75 Å².